The van der Waals surface area contributed by atoms with E-state index < -0.39 is 0 Å². The fraction of sp³-hybridized carbons (Fsp3) is 0.167. The summed E-state index contributed by atoms with van der Waals surface area (Å²) in [6.07, 6.45) is 3.84. The molecule has 0 spiro atoms. The molecule has 1 N–H and O–H groups in total. The molecule has 0 bridgehead atoms. The van der Waals surface area contributed by atoms with E-state index in [-0.39, 0.29) is 11.7 Å². The molecule has 0 aliphatic heterocycles. The Labute approximate surface area is 209 Å². The summed E-state index contributed by atoms with van der Waals surface area (Å²) < 4.78 is 16.6. The maximum absolute atomic E-state index is 14.4. The van der Waals surface area contributed by atoms with Crippen LogP contribution < -0.4 is 5.32 Å². The Hall–Kier alpha value is -4.32. The molecule has 5 nitrogen and oxygen atoms in total. The number of halogens is 1. The van der Waals surface area contributed by atoms with Gasteiger partial charge in [0.25, 0.3) is 5.91 Å². The molecule has 0 unspecified atom stereocenters. The zero-order valence-corrected chi connectivity index (χ0v) is 20.3. The van der Waals surface area contributed by atoms with Crippen LogP contribution in [0.2, 0.25) is 0 Å². The van der Waals surface area contributed by atoms with E-state index in [0.717, 1.165) is 28.0 Å². The first kappa shape index (κ1) is 23.4. The number of carbonyl (C=O) groups is 1. The number of carbonyl (C=O) groups excluding carboxylic acids is 1. The van der Waals surface area contributed by atoms with Crippen LogP contribution in [0.5, 0.6) is 0 Å². The highest BCUT2D eigenvalue weighted by atomic mass is 19.1. The zero-order valence-electron chi connectivity index (χ0n) is 20.3. The van der Waals surface area contributed by atoms with Gasteiger partial charge in [-0.05, 0) is 78.1 Å². The van der Waals surface area contributed by atoms with Crippen molar-refractivity contribution in [2.45, 2.75) is 33.4 Å². The van der Waals surface area contributed by atoms with Crippen LogP contribution >= 0.6 is 0 Å². The van der Waals surface area contributed by atoms with Gasteiger partial charge in [-0.3, -0.25) is 9.78 Å². The lowest BCUT2D eigenvalue weighted by molar-refractivity contribution is 0.0951. The highest BCUT2D eigenvalue weighted by Gasteiger charge is 2.15. The first-order valence-corrected chi connectivity index (χ1v) is 11.9. The predicted octanol–water partition coefficient (Wildman–Crippen LogP) is 5.76. The van der Waals surface area contributed by atoms with Gasteiger partial charge in [0.15, 0.2) is 0 Å². The quantitative estimate of drug-likeness (QED) is 0.324. The molecule has 180 valence electrons. The summed E-state index contributed by atoms with van der Waals surface area (Å²) in [5.74, 6) is 0.438. The van der Waals surface area contributed by atoms with E-state index in [2.05, 4.69) is 40.8 Å². The summed E-state index contributed by atoms with van der Waals surface area (Å²) in [7, 11) is 0. The van der Waals surface area contributed by atoms with Crippen LogP contribution in [-0.2, 0) is 19.5 Å². The van der Waals surface area contributed by atoms with Gasteiger partial charge in [-0.25, -0.2) is 9.37 Å². The molecule has 0 radical (unpaired) electrons. The molecule has 6 heteroatoms. The number of nitrogens with zero attached hydrogens (tertiary/aromatic N) is 3. The second-order valence-corrected chi connectivity index (χ2v) is 9.05. The van der Waals surface area contributed by atoms with Crippen molar-refractivity contribution in [3.05, 3.63) is 130 Å². The van der Waals surface area contributed by atoms with Crippen LogP contribution in [-0.4, -0.2) is 20.4 Å². The number of rotatable bonds is 7. The maximum Gasteiger partial charge on any atom is 0.251 e. The third-order valence-corrected chi connectivity index (χ3v) is 6.48. The Balaban J connectivity index is 1.40. The van der Waals surface area contributed by atoms with Crippen molar-refractivity contribution in [1.82, 2.24) is 19.9 Å². The summed E-state index contributed by atoms with van der Waals surface area (Å²) in [6.45, 7) is 5.15. The topological polar surface area (TPSA) is 59.8 Å². The van der Waals surface area contributed by atoms with E-state index in [9.17, 15) is 9.18 Å². The van der Waals surface area contributed by atoms with Crippen molar-refractivity contribution in [3.8, 4) is 0 Å². The van der Waals surface area contributed by atoms with Gasteiger partial charge in [-0.1, -0.05) is 36.4 Å². The van der Waals surface area contributed by atoms with Crippen LogP contribution in [0.4, 0.5) is 4.39 Å². The average Bonchev–Trinajstić information content (AvgIpc) is 3.20. The first-order chi connectivity index (χ1) is 17.5. The SMILES string of the molecule is Cc1cc2nc(Cc3ccccc3F)n(Cc3ccc(C(=O)NCc4cccnc4)cc3)c2cc1C. The molecule has 1 amide bonds. The van der Waals surface area contributed by atoms with E-state index >= 15 is 0 Å². The third-order valence-electron chi connectivity index (χ3n) is 6.48. The Bertz CT molecular complexity index is 1520. The molecule has 36 heavy (non-hydrogen) atoms. The van der Waals surface area contributed by atoms with Gasteiger partial charge in [0.05, 0.1) is 11.0 Å². The van der Waals surface area contributed by atoms with Crippen molar-refractivity contribution < 1.29 is 9.18 Å². The molecule has 0 fully saturated rings. The normalized spacial score (nSPS) is 11.1. The fourth-order valence-corrected chi connectivity index (χ4v) is 4.28. The maximum atomic E-state index is 14.4. The predicted molar refractivity (Wildman–Crippen MR) is 139 cm³/mol. The van der Waals surface area contributed by atoms with Crippen LogP contribution in [0.3, 0.4) is 0 Å². The fourth-order valence-electron chi connectivity index (χ4n) is 4.28. The Morgan fingerprint density at radius 2 is 1.72 bits per heavy atom. The molecule has 0 saturated heterocycles. The number of aromatic nitrogens is 3. The summed E-state index contributed by atoms with van der Waals surface area (Å²) >= 11 is 0. The van der Waals surface area contributed by atoms with Gasteiger partial charge in [0.1, 0.15) is 11.6 Å². The number of fused-ring (bicyclic) bond motifs is 1. The largest absolute Gasteiger partial charge is 0.348 e. The molecule has 0 aliphatic carbocycles. The minimum Gasteiger partial charge on any atom is -0.348 e. The summed E-state index contributed by atoms with van der Waals surface area (Å²) in [6, 6.07) is 22.4. The van der Waals surface area contributed by atoms with Gasteiger partial charge in [0, 0.05) is 37.5 Å². The van der Waals surface area contributed by atoms with E-state index in [1.807, 2.05) is 42.5 Å². The van der Waals surface area contributed by atoms with Crippen molar-refractivity contribution in [1.29, 1.82) is 0 Å². The van der Waals surface area contributed by atoms with Crippen LogP contribution in [0.25, 0.3) is 11.0 Å². The van der Waals surface area contributed by atoms with Crippen molar-refractivity contribution in [3.63, 3.8) is 0 Å². The smallest absolute Gasteiger partial charge is 0.251 e. The third kappa shape index (κ3) is 5.03. The Morgan fingerprint density at radius 1 is 0.944 bits per heavy atom. The van der Waals surface area contributed by atoms with Crippen LogP contribution in [0, 0.1) is 19.7 Å². The van der Waals surface area contributed by atoms with Gasteiger partial charge in [-0.2, -0.15) is 0 Å². The number of benzene rings is 3. The van der Waals surface area contributed by atoms with Crippen molar-refractivity contribution in [2.24, 2.45) is 0 Å². The number of pyridine rings is 1. The molecule has 3 aromatic carbocycles. The van der Waals surface area contributed by atoms with E-state index in [0.29, 0.717) is 30.6 Å². The Kier molecular flexibility index (Phi) is 6.58. The second kappa shape index (κ2) is 10.1. The van der Waals surface area contributed by atoms with Crippen molar-refractivity contribution in [2.75, 3.05) is 0 Å². The summed E-state index contributed by atoms with van der Waals surface area (Å²) in [4.78, 5) is 21.5. The summed E-state index contributed by atoms with van der Waals surface area (Å²) in [5, 5.41) is 2.93. The lowest BCUT2D eigenvalue weighted by Gasteiger charge is -2.12. The number of hydrogen-bond acceptors (Lipinski definition) is 3. The molecule has 0 atom stereocenters. The van der Waals surface area contributed by atoms with Crippen molar-refractivity contribution >= 4 is 16.9 Å². The molecule has 0 aliphatic rings. The lowest BCUT2D eigenvalue weighted by Crippen LogP contribution is -2.22. The average molecular weight is 479 g/mol. The number of imidazole rings is 1. The van der Waals surface area contributed by atoms with E-state index in [4.69, 9.17) is 4.98 Å². The lowest BCUT2D eigenvalue weighted by atomic mass is 10.1. The number of nitrogens with one attached hydrogen (secondary N) is 1. The van der Waals surface area contributed by atoms with Gasteiger partial charge in [-0.15, -0.1) is 0 Å². The first-order valence-electron chi connectivity index (χ1n) is 11.9. The number of amides is 1. The van der Waals surface area contributed by atoms with Gasteiger partial charge in [0.2, 0.25) is 0 Å². The molecule has 2 aromatic heterocycles. The van der Waals surface area contributed by atoms with Crippen LogP contribution in [0.15, 0.2) is 85.2 Å². The molecule has 5 rings (SSSR count). The standard InChI is InChI=1S/C30H27FN4O/c1-20-14-27-28(15-21(20)2)35(29(34-27)16-25-7-3-4-8-26(25)31)19-22-9-11-24(12-10-22)30(36)33-18-23-6-5-13-32-17-23/h3-15,17H,16,18-19H2,1-2H3,(H,33,36). The molecule has 5 aromatic rings. The number of hydrogen-bond donors (Lipinski definition) is 1. The number of aryl methyl sites for hydroxylation is 2. The van der Waals surface area contributed by atoms with Gasteiger partial charge < -0.3 is 9.88 Å². The van der Waals surface area contributed by atoms with Crippen LogP contribution in [0.1, 0.15) is 44.0 Å². The Morgan fingerprint density at radius 3 is 2.47 bits per heavy atom. The molecular weight excluding hydrogens is 451 g/mol. The zero-order chi connectivity index (χ0) is 25.1. The highest BCUT2D eigenvalue weighted by molar-refractivity contribution is 5.94. The second-order valence-electron chi connectivity index (χ2n) is 9.05. The monoisotopic (exact) mass is 478 g/mol. The molecular formula is C30H27FN4O. The minimum absolute atomic E-state index is 0.134. The van der Waals surface area contributed by atoms with E-state index in [1.54, 1.807) is 24.5 Å². The molecule has 2 heterocycles. The minimum atomic E-state index is -0.231. The summed E-state index contributed by atoms with van der Waals surface area (Å²) in [5.41, 5.74) is 7.46. The molecule has 0 saturated carbocycles. The highest BCUT2D eigenvalue weighted by Crippen LogP contribution is 2.24. The van der Waals surface area contributed by atoms with E-state index in [1.165, 1.54) is 17.2 Å². The van der Waals surface area contributed by atoms with Gasteiger partial charge >= 0.3 is 0 Å².